The Labute approximate surface area is 87.0 Å². The molecule has 0 atom stereocenters. The maximum atomic E-state index is 4.36. The summed E-state index contributed by atoms with van der Waals surface area (Å²) in [4.78, 5) is 5.27. The van der Waals surface area contributed by atoms with Gasteiger partial charge in [-0.25, -0.2) is 4.52 Å². The molecule has 0 aromatic carbocycles. The molecule has 0 saturated heterocycles. The second-order valence-corrected chi connectivity index (χ2v) is 5.09. The molecule has 0 amide bonds. The van der Waals surface area contributed by atoms with Crippen molar-refractivity contribution in [2.45, 2.75) is 26.2 Å². The Morgan fingerprint density at radius 1 is 1.43 bits per heavy atom. The number of nitrogens with one attached hydrogen (secondary N) is 1. The van der Waals surface area contributed by atoms with E-state index in [0.717, 1.165) is 4.96 Å². The van der Waals surface area contributed by atoms with Crippen LogP contribution in [-0.2, 0) is 5.41 Å². The molecule has 0 saturated carbocycles. The van der Waals surface area contributed by atoms with E-state index in [1.54, 1.807) is 11.3 Å². The first-order valence-electron chi connectivity index (χ1n) is 4.55. The summed E-state index contributed by atoms with van der Waals surface area (Å²) in [5.41, 5.74) is 1.31. The van der Waals surface area contributed by atoms with Crippen LogP contribution >= 0.6 is 11.3 Å². The van der Waals surface area contributed by atoms with Crippen molar-refractivity contribution in [3.05, 3.63) is 11.1 Å². The Morgan fingerprint density at radius 3 is 2.71 bits per heavy atom. The molecule has 0 unspecified atom stereocenters. The van der Waals surface area contributed by atoms with Crippen LogP contribution in [0, 0.1) is 0 Å². The Hall–Kier alpha value is -1.10. The molecule has 0 aliphatic heterocycles. The highest BCUT2D eigenvalue weighted by Gasteiger charge is 2.20. The Balaban J connectivity index is 2.61. The highest BCUT2D eigenvalue weighted by atomic mass is 32.1. The number of thiazole rings is 1. The second-order valence-electron chi connectivity index (χ2n) is 4.25. The van der Waals surface area contributed by atoms with Crippen molar-refractivity contribution in [1.82, 2.24) is 14.6 Å². The number of fused-ring (bicyclic) bond motifs is 1. The van der Waals surface area contributed by atoms with Gasteiger partial charge in [0.1, 0.15) is 0 Å². The van der Waals surface area contributed by atoms with E-state index in [1.807, 2.05) is 11.6 Å². The third-order valence-electron chi connectivity index (χ3n) is 2.07. The molecule has 2 aromatic rings. The van der Waals surface area contributed by atoms with Gasteiger partial charge in [-0.3, -0.25) is 0 Å². The fourth-order valence-electron chi connectivity index (χ4n) is 1.29. The summed E-state index contributed by atoms with van der Waals surface area (Å²) in [5, 5.41) is 9.43. The van der Waals surface area contributed by atoms with Gasteiger partial charge in [0, 0.05) is 17.8 Å². The molecular weight excluding hydrogens is 196 g/mol. The fraction of sp³-hybridized carbons (Fsp3) is 0.556. The average molecular weight is 210 g/mol. The van der Waals surface area contributed by atoms with Gasteiger partial charge < -0.3 is 5.32 Å². The van der Waals surface area contributed by atoms with E-state index in [2.05, 4.69) is 41.6 Å². The lowest BCUT2D eigenvalue weighted by Crippen LogP contribution is -2.14. The molecule has 14 heavy (non-hydrogen) atoms. The quantitative estimate of drug-likeness (QED) is 0.784. The zero-order chi connectivity index (χ0) is 10.3. The molecule has 5 heteroatoms. The van der Waals surface area contributed by atoms with E-state index in [-0.39, 0.29) is 5.41 Å². The molecular formula is C9H14N4S. The minimum atomic E-state index is 0.108. The van der Waals surface area contributed by atoms with Gasteiger partial charge in [-0.2, -0.15) is 4.98 Å². The van der Waals surface area contributed by atoms with Crippen LogP contribution in [-0.4, -0.2) is 21.6 Å². The van der Waals surface area contributed by atoms with Gasteiger partial charge in [0.25, 0.3) is 0 Å². The minimum Gasteiger partial charge on any atom is -0.356 e. The summed E-state index contributed by atoms with van der Waals surface area (Å²) in [6.45, 7) is 6.53. The first-order chi connectivity index (χ1) is 6.52. The van der Waals surface area contributed by atoms with Gasteiger partial charge >= 0.3 is 0 Å². The lowest BCUT2D eigenvalue weighted by molar-refractivity contribution is 0.553. The van der Waals surface area contributed by atoms with Crippen LogP contribution in [0.1, 0.15) is 26.5 Å². The lowest BCUT2D eigenvalue weighted by atomic mass is 9.93. The molecule has 0 radical (unpaired) electrons. The van der Waals surface area contributed by atoms with Gasteiger partial charge in [0.2, 0.25) is 10.9 Å². The summed E-state index contributed by atoms with van der Waals surface area (Å²) in [5.74, 6) is 0.683. The molecule has 0 spiro atoms. The summed E-state index contributed by atoms with van der Waals surface area (Å²) >= 11 is 1.63. The van der Waals surface area contributed by atoms with Gasteiger partial charge in [0.15, 0.2) is 0 Å². The third kappa shape index (κ3) is 1.37. The molecule has 0 fully saturated rings. The molecule has 1 N–H and O–H groups in total. The number of hydrogen-bond donors (Lipinski definition) is 1. The topological polar surface area (TPSA) is 42.2 Å². The highest BCUT2D eigenvalue weighted by molar-refractivity contribution is 7.15. The maximum Gasteiger partial charge on any atom is 0.243 e. The molecule has 0 bridgehead atoms. The highest BCUT2D eigenvalue weighted by Crippen LogP contribution is 2.26. The van der Waals surface area contributed by atoms with Crippen LogP contribution in [0.25, 0.3) is 4.96 Å². The van der Waals surface area contributed by atoms with Crippen molar-refractivity contribution in [3.63, 3.8) is 0 Å². The SMILES string of the molecule is CNc1nc2scc(C(C)(C)C)n2n1. The van der Waals surface area contributed by atoms with Crippen molar-refractivity contribution < 1.29 is 0 Å². The molecule has 2 rings (SSSR count). The Kier molecular flexibility index (Phi) is 1.99. The standard InChI is InChI=1S/C9H14N4S/c1-9(2,3)6-5-14-8-11-7(10-4)12-13(6)8/h5H,1-4H3,(H,10,12). The largest absolute Gasteiger partial charge is 0.356 e. The van der Waals surface area contributed by atoms with Crippen LogP contribution < -0.4 is 5.32 Å². The van der Waals surface area contributed by atoms with Crippen molar-refractivity contribution in [3.8, 4) is 0 Å². The van der Waals surface area contributed by atoms with Gasteiger partial charge in [-0.1, -0.05) is 20.8 Å². The molecule has 0 aliphatic rings. The zero-order valence-electron chi connectivity index (χ0n) is 8.83. The van der Waals surface area contributed by atoms with Crippen LogP contribution in [0.15, 0.2) is 5.38 Å². The first-order valence-corrected chi connectivity index (χ1v) is 5.43. The van der Waals surface area contributed by atoms with E-state index in [9.17, 15) is 0 Å². The van der Waals surface area contributed by atoms with Gasteiger partial charge in [0.05, 0.1) is 5.69 Å². The fourth-order valence-corrected chi connectivity index (χ4v) is 2.34. The van der Waals surface area contributed by atoms with E-state index in [0.29, 0.717) is 5.95 Å². The average Bonchev–Trinajstić information content (AvgIpc) is 2.57. The van der Waals surface area contributed by atoms with Crippen molar-refractivity contribution >= 4 is 22.2 Å². The normalized spacial score (nSPS) is 12.3. The van der Waals surface area contributed by atoms with Crippen LogP contribution in [0.2, 0.25) is 0 Å². The summed E-state index contributed by atoms with van der Waals surface area (Å²) < 4.78 is 1.91. The smallest absolute Gasteiger partial charge is 0.243 e. The van der Waals surface area contributed by atoms with E-state index < -0.39 is 0 Å². The van der Waals surface area contributed by atoms with Gasteiger partial charge in [-0.15, -0.1) is 16.4 Å². The minimum absolute atomic E-state index is 0.108. The van der Waals surface area contributed by atoms with Crippen LogP contribution in [0.4, 0.5) is 5.95 Å². The number of anilines is 1. The van der Waals surface area contributed by atoms with E-state index >= 15 is 0 Å². The van der Waals surface area contributed by atoms with Crippen LogP contribution in [0.3, 0.4) is 0 Å². The molecule has 2 aromatic heterocycles. The summed E-state index contributed by atoms with van der Waals surface area (Å²) in [7, 11) is 1.83. The Morgan fingerprint density at radius 2 is 2.14 bits per heavy atom. The van der Waals surface area contributed by atoms with Crippen molar-refractivity contribution in [1.29, 1.82) is 0 Å². The predicted molar refractivity (Wildman–Crippen MR) is 59.1 cm³/mol. The third-order valence-corrected chi connectivity index (χ3v) is 2.89. The number of rotatable bonds is 1. The van der Waals surface area contributed by atoms with Crippen molar-refractivity contribution in [2.24, 2.45) is 0 Å². The number of hydrogen-bond acceptors (Lipinski definition) is 4. The van der Waals surface area contributed by atoms with E-state index in [1.165, 1.54) is 5.69 Å². The molecule has 2 heterocycles. The number of nitrogens with zero attached hydrogens (tertiary/aromatic N) is 3. The van der Waals surface area contributed by atoms with Crippen molar-refractivity contribution in [2.75, 3.05) is 12.4 Å². The Bertz CT molecular complexity index is 449. The van der Waals surface area contributed by atoms with Crippen LogP contribution in [0.5, 0.6) is 0 Å². The molecule has 0 aliphatic carbocycles. The molecule has 4 nitrogen and oxygen atoms in total. The predicted octanol–water partition coefficient (Wildman–Crippen LogP) is 2.13. The zero-order valence-corrected chi connectivity index (χ0v) is 9.64. The maximum absolute atomic E-state index is 4.36. The number of aromatic nitrogens is 3. The molecule has 76 valence electrons. The summed E-state index contributed by atoms with van der Waals surface area (Å²) in [6.07, 6.45) is 0. The monoisotopic (exact) mass is 210 g/mol. The lowest BCUT2D eigenvalue weighted by Gasteiger charge is -2.15. The first kappa shape index (κ1) is 9.45. The van der Waals surface area contributed by atoms with Gasteiger partial charge in [-0.05, 0) is 0 Å². The van der Waals surface area contributed by atoms with E-state index in [4.69, 9.17) is 0 Å². The second kappa shape index (κ2) is 2.95. The summed E-state index contributed by atoms with van der Waals surface area (Å²) in [6, 6.07) is 0.